The molecule has 0 aliphatic heterocycles. The molecule has 7 heteroatoms. The number of amides is 1. The molecule has 0 aliphatic rings. The summed E-state index contributed by atoms with van der Waals surface area (Å²) in [4.78, 5) is 12.9. The molecule has 0 saturated carbocycles. The van der Waals surface area contributed by atoms with Gasteiger partial charge in [0.25, 0.3) is 11.7 Å². The first-order chi connectivity index (χ1) is 6.29. The minimum absolute atomic E-state index is 0.0234. The molecule has 0 bridgehead atoms. The van der Waals surface area contributed by atoms with Crippen LogP contribution in [0.25, 0.3) is 0 Å². The predicted molar refractivity (Wildman–Crippen MR) is 42.8 cm³/mol. The minimum atomic E-state index is -0.328. The number of tetrazole rings is 1. The van der Waals surface area contributed by atoms with Crippen LogP contribution in [0.15, 0.2) is 0 Å². The summed E-state index contributed by atoms with van der Waals surface area (Å²) in [5, 5.41) is 21.2. The number of aromatic nitrogens is 4. The molecule has 0 spiro atoms. The van der Waals surface area contributed by atoms with E-state index in [-0.39, 0.29) is 24.9 Å². The van der Waals surface area contributed by atoms with Gasteiger partial charge in [-0.05, 0) is 12.1 Å². The zero-order chi connectivity index (χ0) is 9.68. The zero-order valence-electron chi connectivity index (χ0n) is 7.27. The number of carbonyl (C=O) groups excluding carboxylic acids is 1. The molecule has 0 aliphatic carbocycles. The Morgan fingerprint density at radius 1 is 1.69 bits per heavy atom. The Hall–Kier alpha value is -1.50. The molecule has 13 heavy (non-hydrogen) atoms. The maximum Gasteiger partial charge on any atom is 0.295 e. The summed E-state index contributed by atoms with van der Waals surface area (Å²) < 4.78 is 0. The van der Waals surface area contributed by atoms with Crippen molar-refractivity contribution in [2.45, 2.75) is 6.92 Å². The number of carbonyl (C=O) groups is 1. The van der Waals surface area contributed by atoms with E-state index in [0.717, 1.165) is 0 Å². The van der Waals surface area contributed by atoms with Crippen molar-refractivity contribution in [3.8, 4) is 0 Å². The van der Waals surface area contributed by atoms with Crippen molar-refractivity contribution in [2.24, 2.45) is 0 Å². The first-order valence-corrected chi connectivity index (χ1v) is 3.93. The summed E-state index contributed by atoms with van der Waals surface area (Å²) in [5.41, 5.74) is 0. The number of nitrogens with one attached hydrogen (secondary N) is 1. The molecule has 0 radical (unpaired) electrons. The van der Waals surface area contributed by atoms with Gasteiger partial charge in [-0.25, -0.2) is 0 Å². The van der Waals surface area contributed by atoms with Gasteiger partial charge in [-0.15, -0.1) is 10.2 Å². The zero-order valence-corrected chi connectivity index (χ0v) is 7.27. The molecule has 1 heterocycles. The van der Waals surface area contributed by atoms with Crippen LogP contribution < -0.4 is 0 Å². The van der Waals surface area contributed by atoms with Crippen LogP contribution in [0.1, 0.15) is 17.5 Å². The Morgan fingerprint density at radius 2 is 2.46 bits per heavy atom. The van der Waals surface area contributed by atoms with Gasteiger partial charge < -0.3 is 10.0 Å². The fourth-order valence-electron chi connectivity index (χ4n) is 0.918. The highest BCUT2D eigenvalue weighted by molar-refractivity contribution is 5.90. The molecular formula is C6H11N5O2. The number of aliphatic hydroxyl groups excluding tert-OH is 1. The monoisotopic (exact) mass is 185 g/mol. The molecule has 0 fully saturated rings. The minimum Gasteiger partial charge on any atom is -0.395 e. The fourth-order valence-corrected chi connectivity index (χ4v) is 0.918. The van der Waals surface area contributed by atoms with Gasteiger partial charge in [-0.2, -0.15) is 5.21 Å². The van der Waals surface area contributed by atoms with Gasteiger partial charge in [0.1, 0.15) is 0 Å². The molecule has 1 aromatic rings. The second-order valence-electron chi connectivity index (χ2n) is 2.34. The van der Waals surface area contributed by atoms with Crippen LogP contribution in [0.4, 0.5) is 0 Å². The van der Waals surface area contributed by atoms with Gasteiger partial charge in [-0.3, -0.25) is 4.79 Å². The van der Waals surface area contributed by atoms with Gasteiger partial charge in [0, 0.05) is 13.1 Å². The third-order valence-electron chi connectivity index (χ3n) is 1.58. The second-order valence-corrected chi connectivity index (χ2v) is 2.34. The standard InChI is InChI=1S/C6H11N5O2/c1-2-11(3-4-12)6(13)5-7-9-10-8-5/h12H,2-4H2,1H3,(H,7,8,9,10). The first kappa shape index (κ1) is 9.59. The van der Waals surface area contributed by atoms with Crippen molar-refractivity contribution in [1.29, 1.82) is 0 Å². The lowest BCUT2D eigenvalue weighted by molar-refractivity contribution is 0.0720. The van der Waals surface area contributed by atoms with E-state index in [9.17, 15) is 4.79 Å². The Balaban J connectivity index is 2.65. The number of hydrogen-bond acceptors (Lipinski definition) is 5. The molecular weight excluding hydrogens is 174 g/mol. The summed E-state index contributed by atoms with van der Waals surface area (Å²) in [5.74, 6) is -0.305. The lowest BCUT2D eigenvalue weighted by Gasteiger charge is -2.16. The van der Waals surface area contributed by atoms with Gasteiger partial charge in [-0.1, -0.05) is 0 Å². The van der Waals surface area contributed by atoms with Gasteiger partial charge in [0.2, 0.25) is 0 Å². The van der Waals surface area contributed by atoms with Gasteiger partial charge >= 0.3 is 0 Å². The summed E-state index contributed by atoms with van der Waals surface area (Å²) in [7, 11) is 0. The van der Waals surface area contributed by atoms with Crippen molar-refractivity contribution in [1.82, 2.24) is 25.5 Å². The van der Waals surface area contributed by atoms with Crippen molar-refractivity contribution in [3.05, 3.63) is 5.82 Å². The Labute approximate surface area is 74.7 Å². The van der Waals surface area contributed by atoms with Crippen molar-refractivity contribution in [3.63, 3.8) is 0 Å². The molecule has 0 unspecified atom stereocenters. The number of H-pyrrole nitrogens is 1. The number of rotatable bonds is 4. The van der Waals surface area contributed by atoms with E-state index in [4.69, 9.17) is 5.11 Å². The molecule has 1 amide bonds. The number of nitrogens with zero attached hydrogens (tertiary/aromatic N) is 4. The first-order valence-electron chi connectivity index (χ1n) is 3.93. The third-order valence-corrected chi connectivity index (χ3v) is 1.58. The van der Waals surface area contributed by atoms with Crippen molar-refractivity contribution >= 4 is 5.91 Å². The molecule has 1 aromatic heterocycles. The fraction of sp³-hybridized carbons (Fsp3) is 0.667. The lowest BCUT2D eigenvalue weighted by Crippen LogP contribution is -2.34. The molecule has 0 aromatic carbocycles. The Morgan fingerprint density at radius 3 is 2.92 bits per heavy atom. The third kappa shape index (κ3) is 2.22. The van der Waals surface area contributed by atoms with Gasteiger partial charge in [0.15, 0.2) is 0 Å². The average molecular weight is 185 g/mol. The normalized spacial score (nSPS) is 10.0. The topological polar surface area (TPSA) is 95.0 Å². The van der Waals surface area contributed by atoms with Crippen LogP contribution >= 0.6 is 0 Å². The smallest absolute Gasteiger partial charge is 0.295 e. The Bertz CT molecular complexity index is 260. The van der Waals surface area contributed by atoms with Crippen LogP contribution in [-0.4, -0.2) is 56.2 Å². The van der Waals surface area contributed by atoms with Crippen LogP contribution in [0, 0.1) is 0 Å². The maximum atomic E-state index is 11.5. The highest BCUT2D eigenvalue weighted by atomic mass is 16.3. The van der Waals surface area contributed by atoms with Crippen molar-refractivity contribution in [2.75, 3.05) is 19.7 Å². The molecule has 0 saturated heterocycles. The highest BCUT2D eigenvalue weighted by Crippen LogP contribution is 1.95. The van der Waals surface area contributed by atoms with Gasteiger partial charge in [0.05, 0.1) is 6.61 Å². The van der Waals surface area contributed by atoms with E-state index in [1.54, 1.807) is 0 Å². The number of aliphatic hydroxyl groups is 1. The van der Waals surface area contributed by atoms with E-state index in [1.807, 2.05) is 6.92 Å². The van der Waals surface area contributed by atoms with Crippen LogP contribution in [0.5, 0.6) is 0 Å². The lowest BCUT2D eigenvalue weighted by atomic mass is 10.4. The number of aromatic amines is 1. The molecule has 1 rings (SSSR count). The van der Waals surface area contributed by atoms with E-state index in [1.165, 1.54) is 4.90 Å². The van der Waals surface area contributed by atoms with E-state index >= 15 is 0 Å². The molecule has 7 nitrogen and oxygen atoms in total. The second kappa shape index (κ2) is 4.51. The number of hydrogen-bond donors (Lipinski definition) is 2. The van der Waals surface area contributed by atoms with Crippen LogP contribution in [0.2, 0.25) is 0 Å². The highest BCUT2D eigenvalue weighted by Gasteiger charge is 2.17. The average Bonchev–Trinajstić information content (AvgIpc) is 2.65. The summed E-state index contributed by atoms with van der Waals surface area (Å²) >= 11 is 0. The SMILES string of the molecule is CCN(CCO)C(=O)c1nn[nH]n1. The molecule has 0 atom stereocenters. The molecule has 72 valence electrons. The van der Waals surface area contributed by atoms with Crippen LogP contribution in [0.3, 0.4) is 0 Å². The van der Waals surface area contributed by atoms with E-state index in [0.29, 0.717) is 6.54 Å². The number of likely N-dealkylation sites (N-methyl/N-ethyl adjacent to an activating group) is 1. The summed E-state index contributed by atoms with van der Waals surface area (Å²) in [6.07, 6.45) is 0. The largest absolute Gasteiger partial charge is 0.395 e. The quantitative estimate of drug-likeness (QED) is 0.605. The van der Waals surface area contributed by atoms with E-state index in [2.05, 4.69) is 20.6 Å². The van der Waals surface area contributed by atoms with E-state index < -0.39 is 0 Å². The van der Waals surface area contributed by atoms with Crippen molar-refractivity contribution < 1.29 is 9.90 Å². The Kier molecular flexibility index (Phi) is 3.32. The molecule has 2 N–H and O–H groups in total. The summed E-state index contributed by atoms with van der Waals surface area (Å²) in [6.45, 7) is 2.53. The van der Waals surface area contributed by atoms with Crippen LogP contribution in [-0.2, 0) is 0 Å². The predicted octanol–water partition coefficient (Wildman–Crippen LogP) is -1.35. The summed E-state index contributed by atoms with van der Waals surface area (Å²) in [6, 6.07) is 0. The maximum absolute atomic E-state index is 11.5.